The minimum atomic E-state index is -1.12. The highest BCUT2D eigenvalue weighted by molar-refractivity contribution is 5.94. The molecule has 44 heavy (non-hydrogen) atoms. The van der Waals surface area contributed by atoms with Gasteiger partial charge in [-0.1, -0.05) is 18.2 Å². The number of carbonyl (C=O) groups is 4. The Morgan fingerprint density at radius 2 is 1.57 bits per heavy atom. The second-order valence-electron chi connectivity index (χ2n) is 10.7. The lowest BCUT2D eigenvalue weighted by Gasteiger charge is -2.29. The molecule has 16 nitrogen and oxygen atoms in total. The number of rotatable bonds is 16. The molecule has 0 saturated carbocycles. The van der Waals surface area contributed by atoms with Gasteiger partial charge in [-0.15, -0.1) is 0 Å². The van der Waals surface area contributed by atoms with E-state index in [1.54, 1.807) is 6.20 Å². The number of likely N-dealkylation sites (tertiary alicyclic amines) is 1. The third kappa shape index (κ3) is 9.58. The van der Waals surface area contributed by atoms with Crippen LogP contribution in [0.25, 0.3) is 10.9 Å². The van der Waals surface area contributed by atoms with Gasteiger partial charge in [-0.3, -0.25) is 24.4 Å². The smallest absolute Gasteiger partial charge is 0.326 e. The van der Waals surface area contributed by atoms with E-state index in [0.29, 0.717) is 25.7 Å². The number of nitrogens with one attached hydrogen (secondary N) is 3. The van der Waals surface area contributed by atoms with Crippen LogP contribution >= 0.6 is 0 Å². The monoisotopic (exact) mass is 613 g/mol. The van der Waals surface area contributed by atoms with Crippen molar-refractivity contribution in [2.75, 3.05) is 19.6 Å². The molecule has 1 fully saturated rings. The summed E-state index contributed by atoms with van der Waals surface area (Å²) < 4.78 is 0. The third-order valence-corrected chi connectivity index (χ3v) is 7.41. The molecule has 0 aliphatic carbocycles. The number of aromatic amines is 1. The normalized spacial score (nSPS) is 16.5. The fourth-order valence-corrected chi connectivity index (χ4v) is 5.20. The summed E-state index contributed by atoms with van der Waals surface area (Å²) in [6.45, 7) is 0.654. The number of benzene rings is 1. The summed E-state index contributed by atoms with van der Waals surface area (Å²) in [5.74, 6) is -3.06. The largest absolute Gasteiger partial charge is 0.480 e. The second kappa shape index (κ2) is 16.1. The van der Waals surface area contributed by atoms with Gasteiger partial charge in [-0.25, -0.2) is 4.79 Å². The first-order valence-corrected chi connectivity index (χ1v) is 14.5. The van der Waals surface area contributed by atoms with Crippen LogP contribution in [-0.4, -0.2) is 94.4 Å². The average molecular weight is 614 g/mol. The van der Waals surface area contributed by atoms with Crippen molar-refractivity contribution in [1.82, 2.24) is 20.5 Å². The molecular weight excluding hydrogens is 570 g/mol. The van der Waals surface area contributed by atoms with Crippen molar-refractivity contribution in [2.45, 2.75) is 69.1 Å². The number of hydrogen-bond donors (Lipinski definition) is 9. The fraction of sp³-hybridized carbons (Fsp3) is 0.500. The molecule has 4 unspecified atom stereocenters. The van der Waals surface area contributed by atoms with Gasteiger partial charge in [-0.05, 0) is 56.6 Å². The van der Waals surface area contributed by atoms with Gasteiger partial charge in [0.2, 0.25) is 17.7 Å². The molecule has 1 aliphatic rings. The lowest BCUT2D eigenvalue weighted by molar-refractivity contribution is -0.149. The number of fused-ring (bicyclic) bond motifs is 1. The van der Waals surface area contributed by atoms with Crippen LogP contribution in [0.15, 0.2) is 40.4 Å². The number of para-hydroxylation sites is 1. The lowest BCUT2D eigenvalue weighted by atomic mass is 10.0. The molecule has 1 aliphatic heterocycles. The quantitative estimate of drug-likeness (QED) is 0.0581. The number of carbonyl (C=O) groups excluding carboxylic acids is 3. The molecule has 3 rings (SSSR count). The fourth-order valence-electron chi connectivity index (χ4n) is 5.20. The molecule has 3 amide bonds. The van der Waals surface area contributed by atoms with E-state index in [1.165, 1.54) is 4.90 Å². The summed E-state index contributed by atoms with van der Waals surface area (Å²) in [6, 6.07) is 3.50. The minimum absolute atomic E-state index is 0.110. The first-order valence-electron chi connectivity index (χ1n) is 14.5. The molecule has 240 valence electrons. The SMILES string of the molecule is NC(N)=NCCCC(NC(=O)C(N)Cc1c[nH]c2ccccc12)C(=O)NC(CCCN=C(N)N)C(=O)N1CCCC1C(=O)O. The maximum Gasteiger partial charge on any atom is 0.326 e. The Kier molecular flexibility index (Phi) is 12.3. The number of aromatic nitrogens is 1. The molecule has 14 N–H and O–H groups in total. The number of aliphatic imine (C=N–C) groups is 2. The van der Waals surface area contributed by atoms with Crippen LogP contribution in [0.4, 0.5) is 0 Å². The summed E-state index contributed by atoms with van der Waals surface area (Å²) in [6.07, 6.45) is 3.79. The Morgan fingerprint density at radius 1 is 0.955 bits per heavy atom. The zero-order chi connectivity index (χ0) is 32.2. The van der Waals surface area contributed by atoms with Gasteiger partial charge in [0, 0.05) is 36.7 Å². The Morgan fingerprint density at radius 3 is 2.20 bits per heavy atom. The molecule has 0 spiro atoms. The van der Waals surface area contributed by atoms with Crippen LogP contribution in [0.1, 0.15) is 44.1 Å². The minimum Gasteiger partial charge on any atom is -0.480 e. The molecule has 1 aromatic carbocycles. The highest BCUT2D eigenvalue weighted by atomic mass is 16.4. The number of nitrogens with two attached hydrogens (primary N) is 5. The van der Waals surface area contributed by atoms with Crippen LogP contribution in [0.5, 0.6) is 0 Å². The zero-order valence-electron chi connectivity index (χ0n) is 24.6. The molecule has 0 bridgehead atoms. The number of carboxylic acid groups (broad SMARTS) is 1. The highest BCUT2D eigenvalue weighted by Gasteiger charge is 2.38. The van der Waals surface area contributed by atoms with Crippen LogP contribution in [0.2, 0.25) is 0 Å². The van der Waals surface area contributed by atoms with Crippen LogP contribution in [-0.2, 0) is 25.6 Å². The lowest BCUT2D eigenvalue weighted by Crippen LogP contribution is -2.57. The number of hydrogen-bond acceptors (Lipinski definition) is 7. The highest BCUT2D eigenvalue weighted by Crippen LogP contribution is 2.21. The summed E-state index contributed by atoms with van der Waals surface area (Å²) in [5.41, 5.74) is 29.6. The third-order valence-electron chi connectivity index (χ3n) is 7.41. The second-order valence-corrected chi connectivity index (χ2v) is 10.7. The molecule has 2 aromatic rings. The van der Waals surface area contributed by atoms with Gasteiger partial charge < -0.3 is 54.3 Å². The van der Waals surface area contributed by atoms with Gasteiger partial charge in [0.15, 0.2) is 11.9 Å². The van der Waals surface area contributed by atoms with Crippen molar-refractivity contribution in [3.63, 3.8) is 0 Å². The Balaban J connectivity index is 1.75. The molecule has 4 atom stereocenters. The maximum atomic E-state index is 13.6. The van der Waals surface area contributed by atoms with Gasteiger partial charge >= 0.3 is 5.97 Å². The van der Waals surface area contributed by atoms with E-state index in [2.05, 4.69) is 25.6 Å². The van der Waals surface area contributed by atoms with Crippen molar-refractivity contribution in [3.05, 3.63) is 36.0 Å². The molecule has 2 heterocycles. The average Bonchev–Trinajstić information content (AvgIpc) is 3.63. The number of amides is 3. The number of guanidine groups is 2. The summed E-state index contributed by atoms with van der Waals surface area (Å²) in [7, 11) is 0. The van der Waals surface area contributed by atoms with E-state index in [-0.39, 0.29) is 50.8 Å². The number of aliphatic carboxylic acids is 1. The zero-order valence-corrected chi connectivity index (χ0v) is 24.6. The number of carboxylic acids is 1. The van der Waals surface area contributed by atoms with Gasteiger partial charge in [0.05, 0.1) is 6.04 Å². The molecular formula is C28H43N11O5. The van der Waals surface area contributed by atoms with Gasteiger partial charge in [-0.2, -0.15) is 0 Å². The van der Waals surface area contributed by atoms with Crippen molar-refractivity contribution < 1.29 is 24.3 Å². The summed E-state index contributed by atoms with van der Waals surface area (Å²) in [5, 5.41) is 16.0. The molecule has 1 aromatic heterocycles. The van der Waals surface area contributed by atoms with Gasteiger partial charge in [0.1, 0.15) is 18.1 Å². The van der Waals surface area contributed by atoms with Crippen molar-refractivity contribution in [3.8, 4) is 0 Å². The first-order chi connectivity index (χ1) is 21.0. The topological polar surface area (TPSA) is 286 Å². The van der Waals surface area contributed by atoms with Crippen molar-refractivity contribution >= 4 is 46.5 Å². The van der Waals surface area contributed by atoms with E-state index < -0.39 is 47.9 Å². The van der Waals surface area contributed by atoms with Crippen LogP contribution in [0.3, 0.4) is 0 Å². The van der Waals surface area contributed by atoms with E-state index in [4.69, 9.17) is 28.7 Å². The van der Waals surface area contributed by atoms with E-state index in [9.17, 15) is 24.3 Å². The van der Waals surface area contributed by atoms with Crippen LogP contribution in [0, 0.1) is 0 Å². The summed E-state index contributed by atoms with van der Waals surface area (Å²) in [4.78, 5) is 64.3. The maximum absolute atomic E-state index is 13.6. The Labute approximate surface area is 254 Å². The molecule has 0 radical (unpaired) electrons. The first kappa shape index (κ1) is 33.6. The predicted molar refractivity (Wildman–Crippen MR) is 166 cm³/mol. The van der Waals surface area contributed by atoms with Crippen molar-refractivity contribution in [1.29, 1.82) is 0 Å². The summed E-state index contributed by atoms with van der Waals surface area (Å²) >= 11 is 0. The van der Waals surface area contributed by atoms with E-state index in [1.807, 2.05) is 24.3 Å². The predicted octanol–water partition coefficient (Wildman–Crippen LogP) is -1.81. The number of H-pyrrole nitrogens is 1. The number of nitrogens with zero attached hydrogens (tertiary/aromatic N) is 3. The standard InChI is InChI=1S/C28H43N11O5/c29-18(14-16-15-36-19-7-2-1-6-17(16)19)23(40)37-20(8-3-11-34-27(30)31)24(41)38-21(9-4-12-35-28(32)33)25(42)39-13-5-10-22(39)26(43)44/h1-2,6-7,15,18,20-22,36H,3-5,8-14,29H2,(H,37,40)(H,38,41)(H,43,44)(H4,30,31,34)(H4,32,33,35). The Bertz CT molecular complexity index is 1370. The van der Waals surface area contributed by atoms with Crippen LogP contribution < -0.4 is 39.3 Å². The Hall–Kier alpha value is -4.86. The molecule has 1 saturated heterocycles. The molecule has 16 heteroatoms. The van der Waals surface area contributed by atoms with E-state index in [0.717, 1.165) is 16.5 Å². The van der Waals surface area contributed by atoms with Crippen molar-refractivity contribution in [2.24, 2.45) is 38.7 Å². The van der Waals surface area contributed by atoms with E-state index >= 15 is 0 Å². The van der Waals surface area contributed by atoms with Gasteiger partial charge in [0.25, 0.3) is 0 Å².